The van der Waals surface area contributed by atoms with Crippen LogP contribution in [0.5, 0.6) is 0 Å². The number of thioether (sulfide) groups is 1. The highest BCUT2D eigenvalue weighted by Crippen LogP contribution is 2.41. The lowest BCUT2D eigenvalue weighted by molar-refractivity contribution is 0.402. The topological polar surface area (TPSA) is 55.9 Å². The minimum Gasteiger partial charge on any atom is -0.276 e. The molecule has 1 aromatic rings. The number of nitrogens with zero attached hydrogens (tertiary/aromatic N) is 2. The van der Waals surface area contributed by atoms with Crippen LogP contribution in [-0.2, 0) is 13.5 Å². The van der Waals surface area contributed by atoms with E-state index >= 15 is 0 Å². The number of hydrogen-bond acceptors (Lipinski definition) is 4. The molecule has 2 rings (SSSR count). The summed E-state index contributed by atoms with van der Waals surface area (Å²) in [6.45, 7) is 2.30. The van der Waals surface area contributed by atoms with Gasteiger partial charge in [0.2, 0.25) is 0 Å². The standard InChI is InChI=1S/C11H20N4S/c1-11(5-3-7-16-11)10(13-12)8-9-4-6-15(2)14-9/h4,6,10,13H,3,5,7-8,12H2,1-2H3. The fraction of sp³-hybridized carbons (Fsp3) is 0.727. The number of nitrogens with one attached hydrogen (secondary N) is 1. The van der Waals surface area contributed by atoms with E-state index in [1.807, 2.05) is 29.7 Å². The Kier molecular flexibility index (Phi) is 3.56. The van der Waals surface area contributed by atoms with Crippen molar-refractivity contribution >= 4 is 11.8 Å². The summed E-state index contributed by atoms with van der Waals surface area (Å²) in [5.41, 5.74) is 4.08. The molecule has 1 aliphatic heterocycles. The molecule has 0 amide bonds. The second-order valence-electron chi connectivity index (χ2n) is 4.67. The maximum atomic E-state index is 5.69. The summed E-state index contributed by atoms with van der Waals surface area (Å²) >= 11 is 2.03. The van der Waals surface area contributed by atoms with Crippen LogP contribution < -0.4 is 11.3 Å². The van der Waals surface area contributed by atoms with E-state index in [2.05, 4.69) is 23.5 Å². The molecular formula is C11H20N4S. The monoisotopic (exact) mass is 240 g/mol. The van der Waals surface area contributed by atoms with Crippen LogP contribution in [-0.4, -0.2) is 26.3 Å². The van der Waals surface area contributed by atoms with Crippen molar-refractivity contribution in [2.24, 2.45) is 12.9 Å². The summed E-state index contributed by atoms with van der Waals surface area (Å²) in [5, 5.41) is 4.41. The third-order valence-electron chi connectivity index (χ3n) is 3.37. The van der Waals surface area contributed by atoms with Gasteiger partial charge in [0, 0.05) is 30.5 Å². The third-order valence-corrected chi connectivity index (χ3v) is 5.01. The van der Waals surface area contributed by atoms with E-state index in [1.54, 1.807) is 0 Å². The Morgan fingerprint density at radius 2 is 2.56 bits per heavy atom. The Balaban J connectivity index is 2.05. The molecule has 90 valence electrons. The van der Waals surface area contributed by atoms with E-state index < -0.39 is 0 Å². The van der Waals surface area contributed by atoms with Gasteiger partial charge in [-0.15, -0.1) is 0 Å². The summed E-state index contributed by atoms with van der Waals surface area (Å²) in [7, 11) is 1.94. The van der Waals surface area contributed by atoms with Gasteiger partial charge in [-0.2, -0.15) is 16.9 Å². The lowest BCUT2D eigenvalue weighted by Gasteiger charge is -2.32. The smallest absolute Gasteiger partial charge is 0.0641 e. The SMILES string of the molecule is Cn1ccc(CC(NN)C2(C)CCCS2)n1. The molecule has 0 bridgehead atoms. The van der Waals surface area contributed by atoms with Gasteiger partial charge in [-0.1, -0.05) is 0 Å². The Morgan fingerprint density at radius 1 is 1.75 bits per heavy atom. The molecule has 0 aliphatic carbocycles. The molecule has 1 saturated heterocycles. The second kappa shape index (κ2) is 4.77. The largest absolute Gasteiger partial charge is 0.276 e. The van der Waals surface area contributed by atoms with Gasteiger partial charge >= 0.3 is 0 Å². The molecule has 2 unspecified atom stereocenters. The van der Waals surface area contributed by atoms with Crippen molar-refractivity contribution in [2.45, 2.75) is 37.0 Å². The normalized spacial score (nSPS) is 27.2. The van der Waals surface area contributed by atoms with Gasteiger partial charge in [0.05, 0.1) is 5.69 Å². The van der Waals surface area contributed by atoms with Crippen molar-refractivity contribution in [3.8, 4) is 0 Å². The molecule has 0 radical (unpaired) electrons. The molecule has 5 heteroatoms. The molecule has 1 aromatic heterocycles. The fourth-order valence-electron chi connectivity index (χ4n) is 2.31. The lowest BCUT2D eigenvalue weighted by atomic mass is 9.93. The summed E-state index contributed by atoms with van der Waals surface area (Å²) < 4.78 is 2.10. The predicted molar refractivity (Wildman–Crippen MR) is 68.1 cm³/mol. The quantitative estimate of drug-likeness (QED) is 0.611. The Labute approximate surface area is 101 Å². The highest BCUT2D eigenvalue weighted by molar-refractivity contribution is 8.00. The lowest BCUT2D eigenvalue weighted by Crippen LogP contribution is -2.50. The minimum absolute atomic E-state index is 0.256. The van der Waals surface area contributed by atoms with Gasteiger partial charge in [-0.3, -0.25) is 16.0 Å². The van der Waals surface area contributed by atoms with Crippen molar-refractivity contribution in [3.63, 3.8) is 0 Å². The Bertz CT molecular complexity index is 344. The average molecular weight is 240 g/mol. The summed E-state index contributed by atoms with van der Waals surface area (Å²) in [6.07, 6.45) is 5.41. The molecule has 1 aliphatic rings. The third kappa shape index (κ3) is 2.42. The molecular weight excluding hydrogens is 220 g/mol. The van der Waals surface area contributed by atoms with Crippen molar-refractivity contribution in [1.82, 2.24) is 15.2 Å². The highest BCUT2D eigenvalue weighted by atomic mass is 32.2. The average Bonchev–Trinajstić information content (AvgIpc) is 2.85. The molecule has 0 spiro atoms. The summed E-state index contributed by atoms with van der Waals surface area (Å²) in [4.78, 5) is 0. The molecule has 1 fully saturated rings. The zero-order valence-corrected chi connectivity index (χ0v) is 10.8. The first-order valence-electron chi connectivity index (χ1n) is 5.73. The van der Waals surface area contributed by atoms with Crippen LogP contribution in [0, 0.1) is 0 Å². The first kappa shape index (κ1) is 12.0. The van der Waals surface area contributed by atoms with Crippen LogP contribution in [0.1, 0.15) is 25.5 Å². The minimum atomic E-state index is 0.256. The van der Waals surface area contributed by atoms with E-state index in [-0.39, 0.29) is 4.75 Å². The molecule has 0 saturated carbocycles. The summed E-state index contributed by atoms with van der Waals surface area (Å²) in [6, 6.07) is 2.36. The maximum Gasteiger partial charge on any atom is 0.0641 e. The van der Waals surface area contributed by atoms with E-state index in [1.165, 1.54) is 18.6 Å². The molecule has 0 aromatic carbocycles. The number of rotatable bonds is 4. The molecule has 16 heavy (non-hydrogen) atoms. The highest BCUT2D eigenvalue weighted by Gasteiger charge is 2.37. The van der Waals surface area contributed by atoms with E-state index in [9.17, 15) is 0 Å². The van der Waals surface area contributed by atoms with E-state index in [0.29, 0.717) is 6.04 Å². The van der Waals surface area contributed by atoms with Crippen LogP contribution in [0.25, 0.3) is 0 Å². The van der Waals surface area contributed by atoms with Crippen LogP contribution in [0.2, 0.25) is 0 Å². The van der Waals surface area contributed by atoms with Crippen molar-refractivity contribution < 1.29 is 0 Å². The zero-order chi connectivity index (χ0) is 11.6. The molecule has 2 heterocycles. The Hall–Kier alpha value is -0.520. The number of nitrogens with two attached hydrogens (primary N) is 1. The predicted octanol–water partition coefficient (Wildman–Crippen LogP) is 1.08. The van der Waals surface area contributed by atoms with Crippen molar-refractivity contribution in [3.05, 3.63) is 18.0 Å². The fourth-order valence-corrected chi connectivity index (χ4v) is 3.70. The van der Waals surface area contributed by atoms with Crippen molar-refractivity contribution in [1.29, 1.82) is 0 Å². The second-order valence-corrected chi connectivity index (χ2v) is 6.30. The number of hydrazine groups is 1. The molecule has 2 atom stereocenters. The number of aryl methyl sites for hydroxylation is 1. The van der Waals surface area contributed by atoms with Crippen LogP contribution >= 0.6 is 11.8 Å². The van der Waals surface area contributed by atoms with Crippen LogP contribution in [0.3, 0.4) is 0 Å². The van der Waals surface area contributed by atoms with Crippen LogP contribution in [0.15, 0.2) is 12.3 Å². The first-order valence-corrected chi connectivity index (χ1v) is 6.71. The number of hydrogen-bond donors (Lipinski definition) is 2. The van der Waals surface area contributed by atoms with E-state index in [4.69, 9.17) is 5.84 Å². The van der Waals surface area contributed by atoms with Gasteiger partial charge in [-0.05, 0) is 31.6 Å². The van der Waals surface area contributed by atoms with Crippen LogP contribution in [0.4, 0.5) is 0 Å². The van der Waals surface area contributed by atoms with Crippen molar-refractivity contribution in [2.75, 3.05) is 5.75 Å². The summed E-state index contributed by atoms with van der Waals surface area (Å²) in [5.74, 6) is 6.94. The maximum absolute atomic E-state index is 5.69. The molecule has 4 nitrogen and oxygen atoms in total. The van der Waals surface area contributed by atoms with E-state index in [0.717, 1.165) is 12.1 Å². The van der Waals surface area contributed by atoms with Gasteiger partial charge in [-0.25, -0.2) is 0 Å². The first-order chi connectivity index (χ1) is 7.64. The van der Waals surface area contributed by atoms with Gasteiger partial charge in [0.25, 0.3) is 0 Å². The zero-order valence-electron chi connectivity index (χ0n) is 9.94. The van der Waals surface area contributed by atoms with Gasteiger partial charge < -0.3 is 0 Å². The molecule has 3 N–H and O–H groups in total. The van der Waals surface area contributed by atoms with Gasteiger partial charge in [0.1, 0.15) is 0 Å². The number of aromatic nitrogens is 2. The van der Waals surface area contributed by atoms with Gasteiger partial charge in [0.15, 0.2) is 0 Å². The Morgan fingerprint density at radius 3 is 3.06 bits per heavy atom.